The molecule has 0 saturated carbocycles. The predicted octanol–water partition coefficient (Wildman–Crippen LogP) is 3.72. The molecule has 1 N–H and O–H groups in total. The van der Waals surface area contributed by atoms with Gasteiger partial charge in [0.05, 0.1) is 6.54 Å². The second-order valence-electron chi connectivity index (χ2n) is 7.46. The summed E-state index contributed by atoms with van der Waals surface area (Å²) in [7, 11) is 4.00. The van der Waals surface area contributed by atoms with Gasteiger partial charge in [-0.1, -0.05) is 41.6 Å². The van der Waals surface area contributed by atoms with Gasteiger partial charge in [-0.2, -0.15) is 0 Å². The molecule has 1 saturated heterocycles. The minimum absolute atomic E-state index is 0.536. The molecule has 1 aliphatic rings. The quantitative estimate of drug-likeness (QED) is 0.779. The number of carboxylic acid groups (broad SMARTS) is 1. The molecule has 0 aromatic heterocycles. The summed E-state index contributed by atoms with van der Waals surface area (Å²) in [6.45, 7) is 3.99. The van der Waals surface area contributed by atoms with Crippen molar-refractivity contribution >= 4 is 17.7 Å². The Labute approximate surface area is 177 Å². The number of rotatable bonds is 4. The molecule has 1 fully saturated rings. The van der Waals surface area contributed by atoms with Crippen molar-refractivity contribution in [1.82, 2.24) is 14.7 Å². The molecule has 29 heavy (non-hydrogen) atoms. The number of amides is 1. The zero-order valence-corrected chi connectivity index (χ0v) is 17.6. The normalized spacial score (nSPS) is 14.6. The van der Waals surface area contributed by atoms with E-state index in [-0.39, 0.29) is 0 Å². The summed E-state index contributed by atoms with van der Waals surface area (Å²) < 4.78 is 0. The summed E-state index contributed by atoms with van der Waals surface area (Å²) >= 11 is 6.06. The topological polar surface area (TPSA) is 47.0 Å². The SMILES string of the molecule is CN(C)CC#Cc1ccc(-c2ccc(Cl)cc2)c(CN2CCN(C(=O)O)CC2)c1. The minimum Gasteiger partial charge on any atom is -0.465 e. The highest BCUT2D eigenvalue weighted by atomic mass is 35.5. The molecule has 2 aromatic rings. The van der Waals surface area contributed by atoms with Crippen molar-refractivity contribution in [2.24, 2.45) is 0 Å². The molecule has 6 heteroatoms. The number of halogens is 1. The maximum absolute atomic E-state index is 11.2. The van der Waals surface area contributed by atoms with Gasteiger partial charge in [-0.25, -0.2) is 4.79 Å². The van der Waals surface area contributed by atoms with Crippen molar-refractivity contribution < 1.29 is 9.90 Å². The Morgan fingerprint density at radius 3 is 2.41 bits per heavy atom. The lowest BCUT2D eigenvalue weighted by atomic mass is 9.97. The molecule has 152 valence electrons. The van der Waals surface area contributed by atoms with E-state index < -0.39 is 6.09 Å². The van der Waals surface area contributed by atoms with E-state index in [2.05, 4.69) is 34.9 Å². The number of benzene rings is 2. The van der Waals surface area contributed by atoms with Crippen LogP contribution in [0.1, 0.15) is 11.1 Å². The molecule has 3 rings (SSSR count). The zero-order valence-electron chi connectivity index (χ0n) is 16.9. The second-order valence-corrected chi connectivity index (χ2v) is 7.90. The van der Waals surface area contributed by atoms with Gasteiger partial charge in [0.25, 0.3) is 0 Å². The zero-order chi connectivity index (χ0) is 20.8. The summed E-state index contributed by atoms with van der Waals surface area (Å²) in [5.74, 6) is 6.44. The maximum Gasteiger partial charge on any atom is 0.407 e. The van der Waals surface area contributed by atoms with Crippen LogP contribution in [0.25, 0.3) is 11.1 Å². The van der Waals surface area contributed by atoms with Crippen LogP contribution in [0.2, 0.25) is 5.02 Å². The second kappa shape index (κ2) is 9.80. The molecule has 5 nitrogen and oxygen atoms in total. The van der Waals surface area contributed by atoms with Crippen molar-refractivity contribution in [2.75, 3.05) is 46.8 Å². The molecule has 0 unspecified atom stereocenters. The van der Waals surface area contributed by atoms with Crippen LogP contribution >= 0.6 is 11.6 Å². The minimum atomic E-state index is -0.843. The summed E-state index contributed by atoms with van der Waals surface area (Å²) in [6, 6.07) is 14.2. The van der Waals surface area contributed by atoms with Gasteiger partial charge in [0.2, 0.25) is 0 Å². The van der Waals surface area contributed by atoms with Gasteiger partial charge < -0.3 is 10.0 Å². The highest BCUT2D eigenvalue weighted by Gasteiger charge is 2.21. The highest BCUT2D eigenvalue weighted by Crippen LogP contribution is 2.27. The van der Waals surface area contributed by atoms with E-state index in [9.17, 15) is 4.79 Å². The van der Waals surface area contributed by atoms with Gasteiger partial charge in [-0.05, 0) is 55.1 Å². The van der Waals surface area contributed by atoms with Gasteiger partial charge in [-0.3, -0.25) is 9.80 Å². The lowest BCUT2D eigenvalue weighted by Gasteiger charge is -2.33. The van der Waals surface area contributed by atoms with E-state index >= 15 is 0 Å². The fourth-order valence-corrected chi connectivity index (χ4v) is 3.48. The lowest BCUT2D eigenvalue weighted by molar-refractivity contribution is 0.103. The van der Waals surface area contributed by atoms with Crippen molar-refractivity contribution in [3.8, 4) is 23.0 Å². The van der Waals surface area contributed by atoms with Gasteiger partial charge in [-0.15, -0.1) is 0 Å². The third-order valence-corrected chi connectivity index (χ3v) is 5.18. The Morgan fingerprint density at radius 1 is 1.10 bits per heavy atom. The molecule has 2 aromatic carbocycles. The van der Waals surface area contributed by atoms with Crippen LogP contribution in [0.4, 0.5) is 4.79 Å². The molecular formula is C23H26ClN3O2. The Balaban J connectivity index is 1.85. The Bertz CT molecular complexity index is 908. The van der Waals surface area contributed by atoms with Crippen molar-refractivity contribution in [3.05, 3.63) is 58.6 Å². The van der Waals surface area contributed by atoms with Gasteiger partial charge >= 0.3 is 6.09 Å². The van der Waals surface area contributed by atoms with E-state index in [1.807, 2.05) is 43.3 Å². The third kappa shape index (κ3) is 5.98. The van der Waals surface area contributed by atoms with Crippen molar-refractivity contribution in [1.29, 1.82) is 0 Å². The first kappa shape index (κ1) is 21.2. The average Bonchev–Trinajstić information content (AvgIpc) is 2.69. The molecule has 1 heterocycles. The monoisotopic (exact) mass is 411 g/mol. The molecule has 0 radical (unpaired) electrons. The fourth-order valence-electron chi connectivity index (χ4n) is 3.35. The van der Waals surface area contributed by atoms with E-state index in [0.29, 0.717) is 24.7 Å². The fraction of sp³-hybridized carbons (Fsp3) is 0.348. The summed E-state index contributed by atoms with van der Waals surface area (Å²) in [5, 5.41) is 9.88. The number of carbonyl (C=O) groups is 1. The van der Waals surface area contributed by atoms with E-state index in [0.717, 1.165) is 36.3 Å². The molecule has 1 amide bonds. The van der Waals surface area contributed by atoms with Gasteiger partial charge in [0.15, 0.2) is 0 Å². The Morgan fingerprint density at radius 2 is 1.79 bits per heavy atom. The van der Waals surface area contributed by atoms with Crippen LogP contribution in [0.15, 0.2) is 42.5 Å². The molecule has 0 atom stereocenters. The molecule has 0 spiro atoms. The highest BCUT2D eigenvalue weighted by molar-refractivity contribution is 6.30. The van der Waals surface area contributed by atoms with E-state index in [4.69, 9.17) is 16.7 Å². The maximum atomic E-state index is 11.2. The molecule has 0 aliphatic carbocycles. The first-order chi connectivity index (χ1) is 13.9. The van der Waals surface area contributed by atoms with Crippen LogP contribution in [0, 0.1) is 11.8 Å². The van der Waals surface area contributed by atoms with Crippen LogP contribution in [0.5, 0.6) is 0 Å². The first-order valence-electron chi connectivity index (χ1n) is 9.65. The lowest BCUT2D eigenvalue weighted by Crippen LogP contribution is -2.47. The van der Waals surface area contributed by atoms with E-state index in [1.54, 1.807) is 0 Å². The van der Waals surface area contributed by atoms with Crippen LogP contribution in [0.3, 0.4) is 0 Å². The standard InChI is InChI=1S/C23H26ClN3O2/c1-25(2)11-3-4-18-5-10-22(19-6-8-21(24)9-7-19)20(16-18)17-26-12-14-27(15-13-26)23(28)29/h5-10,16H,11-15,17H2,1-2H3,(H,28,29). The number of hydrogen-bond donors (Lipinski definition) is 1. The number of nitrogens with zero attached hydrogens (tertiary/aromatic N) is 3. The van der Waals surface area contributed by atoms with E-state index in [1.165, 1.54) is 10.5 Å². The molecular weight excluding hydrogens is 386 g/mol. The average molecular weight is 412 g/mol. The smallest absolute Gasteiger partial charge is 0.407 e. The summed E-state index contributed by atoms with van der Waals surface area (Å²) in [4.78, 5) is 17.0. The van der Waals surface area contributed by atoms with Crippen LogP contribution in [-0.2, 0) is 6.54 Å². The predicted molar refractivity (Wildman–Crippen MR) is 117 cm³/mol. The van der Waals surface area contributed by atoms with Crippen molar-refractivity contribution in [2.45, 2.75) is 6.54 Å². The first-order valence-corrected chi connectivity index (χ1v) is 10.0. The van der Waals surface area contributed by atoms with Crippen LogP contribution < -0.4 is 0 Å². The largest absolute Gasteiger partial charge is 0.465 e. The van der Waals surface area contributed by atoms with Gasteiger partial charge in [0, 0.05) is 43.3 Å². The Hall–Kier alpha value is -2.52. The third-order valence-electron chi connectivity index (χ3n) is 4.93. The molecule has 1 aliphatic heterocycles. The molecule has 0 bridgehead atoms. The summed E-state index contributed by atoms with van der Waals surface area (Å²) in [5.41, 5.74) is 4.44. The Kier molecular flexibility index (Phi) is 7.16. The van der Waals surface area contributed by atoms with Gasteiger partial charge in [0.1, 0.15) is 0 Å². The number of hydrogen-bond acceptors (Lipinski definition) is 3. The summed E-state index contributed by atoms with van der Waals surface area (Å²) in [6.07, 6.45) is -0.843. The number of piperazine rings is 1. The van der Waals surface area contributed by atoms with Crippen LogP contribution in [-0.4, -0.2) is 72.7 Å². The van der Waals surface area contributed by atoms with Crippen molar-refractivity contribution in [3.63, 3.8) is 0 Å².